The Labute approximate surface area is 79.3 Å². The molecule has 3 saturated carbocycles. The van der Waals surface area contributed by atoms with Gasteiger partial charge in [-0.25, -0.2) is 0 Å². The SMILES string of the molecule is COC1C[C@]12C[C@@H]1CC[C@H](O)[C@@H]1C2. The quantitative estimate of drug-likeness (QED) is 0.667. The summed E-state index contributed by atoms with van der Waals surface area (Å²) >= 11 is 0. The first kappa shape index (κ1) is 8.25. The Balaban J connectivity index is 1.73. The third-order valence-corrected chi connectivity index (χ3v) is 4.64. The molecule has 3 fully saturated rings. The van der Waals surface area contributed by atoms with Gasteiger partial charge in [-0.2, -0.15) is 0 Å². The van der Waals surface area contributed by atoms with Crippen molar-refractivity contribution < 1.29 is 9.84 Å². The van der Waals surface area contributed by atoms with Crippen molar-refractivity contribution in [3.05, 3.63) is 0 Å². The van der Waals surface area contributed by atoms with Crippen molar-refractivity contribution in [3.63, 3.8) is 0 Å². The predicted octanol–water partition coefficient (Wildman–Crippen LogP) is 1.57. The van der Waals surface area contributed by atoms with E-state index < -0.39 is 0 Å². The first-order chi connectivity index (χ1) is 6.25. The topological polar surface area (TPSA) is 29.5 Å². The summed E-state index contributed by atoms with van der Waals surface area (Å²) in [5.41, 5.74) is 0.505. The molecule has 5 atom stereocenters. The molecular formula is C11H18O2. The first-order valence-electron chi connectivity index (χ1n) is 5.46. The molecular weight excluding hydrogens is 164 g/mol. The Hall–Kier alpha value is -0.0800. The summed E-state index contributed by atoms with van der Waals surface area (Å²) in [5.74, 6) is 1.43. The zero-order chi connectivity index (χ0) is 9.05. The highest BCUT2D eigenvalue weighted by atomic mass is 16.5. The molecule has 1 unspecified atom stereocenters. The Morgan fingerprint density at radius 2 is 2.08 bits per heavy atom. The molecule has 13 heavy (non-hydrogen) atoms. The van der Waals surface area contributed by atoms with Gasteiger partial charge in [0.15, 0.2) is 0 Å². The zero-order valence-electron chi connectivity index (χ0n) is 8.20. The minimum atomic E-state index is 0.00230. The number of rotatable bonds is 1. The van der Waals surface area contributed by atoms with E-state index in [4.69, 9.17) is 4.74 Å². The van der Waals surface area contributed by atoms with Crippen LogP contribution < -0.4 is 0 Å². The fourth-order valence-corrected chi connectivity index (χ4v) is 3.83. The molecule has 0 aliphatic heterocycles. The Bertz CT molecular complexity index is 228. The molecule has 3 aliphatic carbocycles. The van der Waals surface area contributed by atoms with Crippen LogP contribution in [0.1, 0.15) is 32.1 Å². The van der Waals surface area contributed by atoms with E-state index in [1.165, 1.54) is 25.7 Å². The number of methoxy groups -OCH3 is 1. The summed E-state index contributed by atoms with van der Waals surface area (Å²) in [7, 11) is 1.82. The molecule has 1 N–H and O–H groups in total. The van der Waals surface area contributed by atoms with E-state index in [1.807, 2.05) is 7.11 Å². The minimum absolute atomic E-state index is 0.00230. The van der Waals surface area contributed by atoms with Crippen LogP contribution in [0, 0.1) is 17.3 Å². The van der Waals surface area contributed by atoms with E-state index in [0.717, 1.165) is 12.3 Å². The summed E-state index contributed by atoms with van der Waals surface area (Å²) < 4.78 is 5.42. The van der Waals surface area contributed by atoms with Gasteiger partial charge in [0.25, 0.3) is 0 Å². The average molecular weight is 182 g/mol. The highest BCUT2D eigenvalue weighted by molar-refractivity contribution is 5.12. The Morgan fingerprint density at radius 3 is 2.69 bits per heavy atom. The monoisotopic (exact) mass is 182 g/mol. The lowest BCUT2D eigenvalue weighted by Crippen LogP contribution is -2.15. The van der Waals surface area contributed by atoms with Crippen molar-refractivity contribution >= 4 is 0 Å². The van der Waals surface area contributed by atoms with E-state index in [2.05, 4.69) is 0 Å². The highest BCUT2D eigenvalue weighted by Crippen LogP contribution is 2.65. The highest BCUT2D eigenvalue weighted by Gasteiger charge is 2.62. The number of fused-ring (bicyclic) bond motifs is 1. The lowest BCUT2D eigenvalue weighted by molar-refractivity contribution is 0.111. The molecule has 0 aromatic rings. The molecule has 0 bridgehead atoms. The second-order valence-electron chi connectivity index (χ2n) is 5.27. The van der Waals surface area contributed by atoms with Crippen molar-refractivity contribution in [1.82, 2.24) is 0 Å². The van der Waals surface area contributed by atoms with Gasteiger partial charge >= 0.3 is 0 Å². The maximum absolute atomic E-state index is 9.78. The van der Waals surface area contributed by atoms with E-state index in [-0.39, 0.29) is 6.10 Å². The van der Waals surface area contributed by atoms with Gasteiger partial charge in [0.1, 0.15) is 0 Å². The van der Waals surface area contributed by atoms with E-state index in [0.29, 0.717) is 17.4 Å². The number of hydrogen-bond donors (Lipinski definition) is 1. The van der Waals surface area contributed by atoms with Gasteiger partial charge in [-0.3, -0.25) is 0 Å². The molecule has 0 saturated heterocycles. The standard InChI is InChI=1S/C11H18O2/c1-13-10-6-11(10)4-7-2-3-9(12)8(7)5-11/h7-10,12H,2-6H2,1H3/t7-,8+,9-,10?,11+/m0/s1. The van der Waals surface area contributed by atoms with Crippen LogP contribution in [0.4, 0.5) is 0 Å². The molecule has 3 aliphatic rings. The zero-order valence-corrected chi connectivity index (χ0v) is 8.20. The van der Waals surface area contributed by atoms with Gasteiger partial charge < -0.3 is 9.84 Å². The third kappa shape index (κ3) is 1.02. The van der Waals surface area contributed by atoms with Crippen LogP contribution in [0.2, 0.25) is 0 Å². The van der Waals surface area contributed by atoms with Crippen LogP contribution in [0.15, 0.2) is 0 Å². The van der Waals surface area contributed by atoms with Crippen LogP contribution in [0.3, 0.4) is 0 Å². The van der Waals surface area contributed by atoms with Gasteiger partial charge in [-0.05, 0) is 49.4 Å². The van der Waals surface area contributed by atoms with Crippen molar-refractivity contribution in [1.29, 1.82) is 0 Å². The van der Waals surface area contributed by atoms with E-state index in [9.17, 15) is 5.11 Å². The summed E-state index contributed by atoms with van der Waals surface area (Å²) in [6, 6.07) is 0. The van der Waals surface area contributed by atoms with Gasteiger partial charge in [-0.15, -0.1) is 0 Å². The van der Waals surface area contributed by atoms with Crippen LogP contribution in [-0.2, 0) is 4.74 Å². The Morgan fingerprint density at radius 1 is 1.23 bits per heavy atom. The van der Waals surface area contributed by atoms with Gasteiger partial charge in [0.05, 0.1) is 12.2 Å². The van der Waals surface area contributed by atoms with Crippen molar-refractivity contribution in [2.24, 2.45) is 17.3 Å². The molecule has 2 nitrogen and oxygen atoms in total. The number of aliphatic hydroxyl groups excluding tert-OH is 1. The van der Waals surface area contributed by atoms with Gasteiger partial charge in [-0.1, -0.05) is 0 Å². The number of aliphatic hydroxyl groups is 1. The number of hydrogen-bond acceptors (Lipinski definition) is 2. The molecule has 3 rings (SSSR count). The molecule has 74 valence electrons. The predicted molar refractivity (Wildman–Crippen MR) is 49.3 cm³/mol. The summed E-state index contributed by atoms with van der Waals surface area (Å²) in [6.45, 7) is 0. The third-order valence-electron chi connectivity index (χ3n) is 4.64. The van der Waals surface area contributed by atoms with Crippen molar-refractivity contribution in [2.45, 2.75) is 44.3 Å². The van der Waals surface area contributed by atoms with Gasteiger partial charge in [0, 0.05) is 7.11 Å². The number of ether oxygens (including phenoxy) is 1. The Kier molecular flexibility index (Phi) is 1.58. The van der Waals surface area contributed by atoms with Crippen LogP contribution in [0.5, 0.6) is 0 Å². The molecule has 0 amide bonds. The minimum Gasteiger partial charge on any atom is -0.393 e. The molecule has 0 heterocycles. The summed E-state index contributed by atoms with van der Waals surface area (Å²) in [6.07, 6.45) is 6.63. The molecule has 0 radical (unpaired) electrons. The fourth-order valence-electron chi connectivity index (χ4n) is 3.83. The average Bonchev–Trinajstić information content (AvgIpc) is 2.49. The molecule has 0 aromatic heterocycles. The smallest absolute Gasteiger partial charge is 0.0635 e. The largest absolute Gasteiger partial charge is 0.393 e. The van der Waals surface area contributed by atoms with Crippen molar-refractivity contribution in [3.8, 4) is 0 Å². The van der Waals surface area contributed by atoms with Crippen LogP contribution in [0.25, 0.3) is 0 Å². The van der Waals surface area contributed by atoms with Gasteiger partial charge in [0.2, 0.25) is 0 Å². The molecule has 2 heteroatoms. The van der Waals surface area contributed by atoms with Crippen LogP contribution in [-0.4, -0.2) is 24.4 Å². The normalized spacial score (nSPS) is 58.6. The molecule has 0 aromatic carbocycles. The summed E-state index contributed by atoms with van der Waals surface area (Å²) in [4.78, 5) is 0. The van der Waals surface area contributed by atoms with Crippen molar-refractivity contribution in [2.75, 3.05) is 7.11 Å². The fraction of sp³-hybridized carbons (Fsp3) is 1.00. The molecule has 1 spiro atoms. The maximum Gasteiger partial charge on any atom is 0.0635 e. The lowest BCUT2D eigenvalue weighted by atomic mass is 9.99. The first-order valence-corrected chi connectivity index (χ1v) is 5.46. The lowest BCUT2D eigenvalue weighted by Gasteiger charge is -2.13. The second kappa shape index (κ2) is 2.48. The summed E-state index contributed by atoms with van der Waals surface area (Å²) in [5, 5.41) is 9.78. The second-order valence-corrected chi connectivity index (χ2v) is 5.27. The van der Waals surface area contributed by atoms with Crippen LogP contribution >= 0.6 is 0 Å². The van der Waals surface area contributed by atoms with E-state index in [1.54, 1.807) is 0 Å². The van der Waals surface area contributed by atoms with E-state index >= 15 is 0 Å². The maximum atomic E-state index is 9.78.